The zero-order valence-corrected chi connectivity index (χ0v) is 16.5. The Morgan fingerprint density at radius 3 is 1.85 bits per heavy atom. The van der Waals surface area contributed by atoms with E-state index in [-0.39, 0.29) is 0 Å². The van der Waals surface area contributed by atoms with Crippen molar-refractivity contribution in [3.05, 3.63) is 41.5 Å². The summed E-state index contributed by atoms with van der Waals surface area (Å²) in [5, 5.41) is 10.4. The van der Waals surface area contributed by atoms with Crippen LogP contribution in [0.25, 0.3) is 11.6 Å². The molecular formula is C21H26O6. The molecule has 0 aliphatic heterocycles. The predicted octanol–water partition coefficient (Wildman–Crippen LogP) is 3.65. The van der Waals surface area contributed by atoms with Gasteiger partial charge in [0, 0.05) is 5.56 Å². The molecule has 0 radical (unpaired) electrons. The largest absolute Gasteiger partial charge is 0.497 e. The molecule has 0 aliphatic rings. The molecule has 0 saturated heterocycles. The maximum Gasteiger partial charge on any atom is 0.203 e. The van der Waals surface area contributed by atoms with Gasteiger partial charge in [-0.05, 0) is 54.5 Å². The van der Waals surface area contributed by atoms with Crippen molar-refractivity contribution in [3.8, 4) is 28.7 Å². The summed E-state index contributed by atoms with van der Waals surface area (Å²) < 4.78 is 27.0. The summed E-state index contributed by atoms with van der Waals surface area (Å²) in [6.45, 7) is 1.70. The number of aliphatic hydroxyl groups excluding tert-OH is 1. The van der Waals surface area contributed by atoms with E-state index in [0.717, 1.165) is 11.1 Å². The monoisotopic (exact) mass is 374 g/mol. The molecule has 0 aliphatic carbocycles. The Labute approximate surface area is 159 Å². The summed E-state index contributed by atoms with van der Waals surface area (Å²) in [5.41, 5.74) is 2.19. The first kappa shape index (κ1) is 20.5. The third-order valence-electron chi connectivity index (χ3n) is 4.20. The fourth-order valence-electron chi connectivity index (χ4n) is 2.81. The van der Waals surface area contributed by atoms with Crippen LogP contribution in [0.2, 0.25) is 0 Å². The highest BCUT2D eigenvalue weighted by Crippen LogP contribution is 2.41. The quantitative estimate of drug-likeness (QED) is 0.712. The van der Waals surface area contributed by atoms with E-state index >= 15 is 0 Å². The average Bonchev–Trinajstić information content (AvgIpc) is 2.70. The number of benzene rings is 2. The van der Waals surface area contributed by atoms with Crippen molar-refractivity contribution in [1.29, 1.82) is 0 Å². The van der Waals surface area contributed by atoms with Gasteiger partial charge in [-0.25, -0.2) is 0 Å². The van der Waals surface area contributed by atoms with Crippen molar-refractivity contribution >= 4 is 11.6 Å². The van der Waals surface area contributed by atoms with Gasteiger partial charge in [-0.3, -0.25) is 0 Å². The maximum absolute atomic E-state index is 10.4. The lowest BCUT2D eigenvalue weighted by Crippen LogP contribution is -2.05. The van der Waals surface area contributed by atoms with Gasteiger partial charge in [0.15, 0.2) is 11.5 Å². The topological polar surface area (TPSA) is 66.4 Å². The first-order chi connectivity index (χ1) is 13.0. The zero-order valence-electron chi connectivity index (χ0n) is 16.5. The van der Waals surface area contributed by atoms with Crippen molar-refractivity contribution in [2.75, 3.05) is 35.5 Å². The van der Waals surface area contributed by atoms with E-state index < -0.39 is 6.10 Å². The van der Waals surface area contributed by atoms with Crippen molar-refractivity contribution in [3.63, 3.8) is 0 Å². The summed E-state index contributed by atoms with van der Waals surface area (Å²) in [4.78, 5) is 0. The van der Waals surface area contributed by atoms with Crippen LogP contribution in [0.15, 0.2) is 30.3 Å². The average molecular weight is 374 g/mol. The Kier molecular flexibility index (Phi) is 6.96. The van der Waals surface area contributed by atoms with Gasteiger partial charge in [-0.15, -0.1) is 0 Å². The second kappa shape index (κ2) is 9.19. The molecule has 27 heavy (non-hydrogen) atoms. The molecule has 0 saturated carbocycles. The fraction of sp³-hybridized carbons (Fsp3) is 0.333. The van der Waals surface area contributed by atoms with Crippen LogP contribution in [0.1, 0.15) is 18.1 Å². The summed E-state index contributed by atoms with van der Waals surface area (Å²) in [7, 11) is 7.85. The van der Waals surface area contributed by atoms with E-state index in [1.807, 2.05) is 24.3 Å². The predicted molar refractivity (Wildman–Crippen MR) is 105 cm³/mol. The molecule has 1 atom stereocenters. The number of ether oxygens (including phenoxy) is 5. The standard InChI is InChI=1S/C21H26O6/c1-13(22)17(10-15-9-16(23-2)7-8-18(15)24-3)14-11-19(25-4)21(27-6)20(12-14)26-5/h7-13,22H,1-6H3/b17-10+. The van der Waals surface area contributed by atoms with Crippen LogP contribution in [0.3, 0.4) is 0 Å². The highest BCUT2D eigenvalue weighted by molar-refractivity contribution is 5.86. The molecule has 0 bridgehead atoms. The lowest BCUT2D eigenvalue weighted by molar-refractivity contribution is 0.253. The Hall–Kier alpha value is -2.86. The van der Waals surface area contributed by atoms with Crippen LogP contribution >= 0.6 is 0 Å². The van der Waals surface area contributed by atoms with Crippen molar-refractivity contribution in [1.82, 2.24) is 0 Å². The molecule has 2 aromatic rings. The molecule has 2 rings (SSSR count). The van der Waals surface area contributed by atoms with Crippen LogP contribution in [0.5, 0.6) is 28.7 Å². The highest BCUT2D eigenvalue weighted by atomic mass is 16.5. The molecule has 0 fully saturated rings. The third kappa shape index (κ3) is 4.46. The molecule has 2 aromatic carbocycles. The van der Waals surface area contributed by atoms with Gasteiger partial charge in [0.2, 0.25) is 5.75 Å². The van der Waals surface area contributed by atoms with E-state index in [1.54, 1.807) is 54.6 Å². The van der Waals surface area contributed by atoms with Crippen LogP contribution in [-0.2, 0) is 0 Å². The van der Waals surface area contributed by atoms with Crippen LogP contribution < -0.4 is 23.7 Å². The third-order valence-corrected chi connectivity index (χ3v) is 4.20. The number of rotatable bonds is 8. The first-order valence-electron chi connectivity index (χ1n) is 8.41. The Morgan fingerprint density at radius 2 is 1.41 bits per heavy atom. The second-order valence-corrected chi connectivity index (χ2v) is 5.80. The van der Waals surface area contributed by atoms with Gasteiger partial charge in [0.05, 0.1) is 41.7 Å². The minimum absolute atomic E-state index is 0.493. The molecule has 146 valence electrons. The normalized spacial score (nSPS) is 12.3. The van der Waals surface area contributed by atoms with Gasteiger partial charge in [-0.2, -0.15) is 0 Å². The minimum atomic E-state index is -0.747. The molecule has 6 heteroatoms. The fourth-order valence-corrected chi connectivity index (χ4v) is 2.81. The van der Waals surface area contributed by atoms with Crippen LogP contribution in [-0.4, -0.2) is 46.8 Å². The Morgan fingerprint density at radius 1 is 0.815 bits per heavy atom. The minimum Gasteiger partial charge on any atom is -0.497 e. The van der Waals surface area contributed by atoms with Crippen molar-refractivity contribution in [2.45, 2.75) is 13.0 Å². The van der Waals surface area contributed by atoms with E-state index in [0.29, 0.717) is 34.3 Å². The molecule has 1 N–H and O–H groups in total. The molecule has 1 unspecified atom stereocenters. The summed E-state index contributed by atoms with van der Waals surface area (Å²) in [5.74, 6) is 2.87. The lowest BCUT2D eigenvalue weighted by Gasteiger charge is -2.18. The molecule has 0 spiro atoms. The SMILES string of the molecule is COc1ccc(OC)c(/C=C(/c2cc(OC)c(OC)c(OC)c2)C(C)O)c1. The van der Waals surface area contributed by atoms with Gasteiger partial charge < -0.3 is 28.8 Å². The Balaban J connectivity index is 2.67. The first-order valence-corrected chi connectivity index (χ1v) is 8.41. The smallest absolute Gasteiger partial charge is 0.203 e. The van der Waals surface area contributed by atoms with Gasteiger partial charge >= 0.3 is 0 Å². The van der Waals surface area contributed by atoms with E-state index in [9.17, 15) is 5.11 Å². The van der Waals surface area contributed by atoms with E-state index in [4.69, 9.17) is 23.7 Å². The highest BCUT2D eigenvalue weighted by Gasteiger charge is 2.18. The number of aliphatic hydroxyl groups is 1. The Bertz CT molecular complexity index is 785. The molecule has 6 nitrogen and oxygen atoms in total. The van der Waals surface area contributed by atoms with E-state index in [1.165, 1.54) is 0 Å². The van der Waals surface area contributed by atoms with Gasteiger partial charge in [0.25, 0.3) is 0 Å². The maximum atomic E-state index is 10.4. The summed E-state index contributed by atoms with van der Waals surface area (Å²) in [6.07, 6.45) is 1.11. The zero-order chi connectivity index (χ0) is 20.0. The second-order valence-electron chi connectivity index (χ2n) is 5.80. The van der Waals surface area contributed by atoms with Crippen molar-refractivity contribution < 1.29 is 28.8 Å². The molecule has 0 amide bonds. The number of hydrogen-bond donors (Lipinski definition) is 1. The van der Waals surface area contributed by atoms with Gasteiger partial charge in [-0.1, -0.05) is 0 Å². The molecular weight excluding hydrogens is 348 g/mol. The lowest BCUT2D eigenvalue weighted by atomic mass is 9.97. The van der Waals surface area contributed by atoms with Crippen LogP contribution in [0.4, 0.5) is 0 Å². The molecule has 0 aromatic heterocycles. The van der Waals surface area contributed by atoms with Gasteiger partial charge in [0.1, 0.15) is 11.5 Å². The number of hydrogen-bond acceptors (Lipinski definition) is 6. The molecule has 0 heterocycles. The van der Waals surface area contributed by atoms with Crippen LogP contribution in [0, 0.1) is 0 Å². The summed E-state index contributed by atoms with van der Waals surface area (Å²) >= 11 is 0. The van der Waals surface area contributed by atoms with Crippen molar-refractivity contribution in [2.24, 2.45) is 0 Å². The van der Waals surface area contributed by atoms with E-state index in [2.05, 4.69) is 0 Å². The number of methoxy groups -OCH3 is 5. The summed E-state index contributed by atoms with van der Waals surface area (Å²) in [6, 6.07) is 9.08.